The van der Waals surface area contributed by atoms with E-state index in [0.29, 0.717) is 22.1 Å². The standard InChI is InChI=1S/C19H17ClF2N2O3S2/c1-12-18(8-9-25)28-19(23-12)11-24(17-10-14(21)4-7-16(17)22)29(26,27)15-5-2-13(20)3-6-15/h2-7,10,25H,8-9,11H2,1H3. The van der Waals surface area contributed by atoms with Crippen LogP contribution in [0.1, 0.15) is 15.6 Å². The summed E-state index contributed by atoms with van der Waals surface area (Å²) in [6.07, 6.45) is 0.377. The van der Waals surface area contributed by atoms with E-state index in [-0.39, 0.29) is 18.0 Å². The number of rotatable bonds is 7. The van der Waals surface area contributed by atoms with Crippen LogP contribution in [0.2, 0.25) is 5.02 Å². The van der Waals surface area contributed by atoms with Gasteiger partial charge in [-0.15, -0.1) is 11.3 Å². The number of aliphatic hydroxyl groups is 1. The van der Waals surface area contributed by atoms with Gasteiger partial charge in [-0.05, 0) is 43.3 Å². The fourth-order valence-electron chi connectivity index (χ4n) is 2.72. The highest BCUT2D eigenvalue weighted by molar-refractivity contribution is 7.92. The number of nitrogens with zero attached hydrogens (tertiary/aromatic N) is 2. The van der Waals surface area contributed by atoms with Gasteiger partial charge >= 0.3 is 0 Å². The van der Waals surface area contributed by atoms with E-state index in [9.17, 15) is 17.2 Å². The second-order valence-electron chi connectivity index (χ2n) is 6.15. The highest BCUT2D eigenvalue weighted by Crippen LogP contribution is 2.31. The molecular weight excluding hydrogens is 442 g/mol. The van der Waals surface area contributed by atoms with Crippen LogP contribution in [0.3, 0.4) is 0 Å². The molecule has 3 aromatic rings. The maximum Gasteiger partial charge on any atom is 0.264 e. The Morgan fingerprint density at radius 2 is 1.86 bits per heavy atom. The minimum absolute atomic E-state index is 0.0756. The van der Waals surface area contributed by atoms with Crippen LogP contribution in [0.4, 0.5) is 14.5 Å². The number of aliphatic hydroxyl groups excluding tert-OH is 1. The molecule has 0 spiro atoms. The van der Waals surface area contributed by atoms with Crippen LogP contribution in [0, 0.1) is 18.6 Å². The van der Waals surface area contributed by atoms with Crippen molar-refractivity contribution in [3.05, 3.63) is 74.7 Å². The van der Waals surface area contributed by atoms with Crippen molar-refractivity contribution >= 4 is 38.6 Å². The molecule has 0 aliphatic carbocycles. The van der Waals surface area contributed by atoms with Crippen LogP contribution < -0.4 is 4.31 Å². The van der Waals surface area contributed by atoms with E-state index in [0.717, 1.165) is 27.4 Å². The summed E-state index contributed by atoms with van der Waals surface area (Å²) in [5.41, 5.74) is 0.235. The van der Waals surface area contributed by atoms with Gasteiger partial charge in [-0.3, -0.25) is 4.31 Å². The number of aryl methyl sites for hydroxylation is 1. The molecule has 154 valence electrons. The number of benzene rings is 2. The molecule has 0 radical (unpaired) electrons. The number of aromatic nitrogens is 1. The van der Waals surface area contributed by atoms with Crippen LogP contribution in [-0.4, -0.2) is 25.1 Å². The fourth-order valence-corrected chi connectivity index (χ4v) is 5.40. The van der Waals surface area contributed by atoms with E-state index < -0.39 is 27.3 Å². The normalized spacial score (nSPS) is 11.6. The zero-order valence-electron chi connectivity index (χ0n) is 15.3. The van der Waals surface area contributed by atoms with Gasteiger partial charge in [-0.1, -0.05) is 11.6 Å². The third-order valence-corrected chi connectivity index (χ3v) is 7.36. The minimum Gasteiger partial charge on any atom is -0.396 e. The van der Waals surface area contributed by atoms with E-state index in [2.05, 4.69) is 4.98 Å². The number of thiazole rings is 1. The molecule has 1 N–H and O–H groups in total. The van der Waals surface area contributed by atoms with Gasteiger partial charge < -0.3 is 5.11 Å². The maximum absolute atomic E-state index is 14.5. The van der Waals surface area contributed by atoms with Crippen LogP contribution in [0.25, 0.3) is 0 Å². The van der Waals surface area contributed by atoms with Crippen molar-refractivity contribution < 1.29 is 22.3 Å². The number of sulfonamides is 1. The second-order valence-corrected chi connectivity index (χ2v) is 9.62. The lowest BCUT2D eigenvalue weighted by atomic mass is 10.3. The van der Waals surface area contributed by atoms with Gasteiger partial charge in [-0.25, -0.2) is 22.2 Å². The lowest BCUT2D eigenvalue weighted by molar-refractivity contribution is 0.300. The van der Waals surface area contributed by atoms with Crippen LogP contribution in [0.15, 0.2) is 47.4 Å². The van der Waals surface area contributed by atoms with Crippen molar-refractivity contribution in [1.82, 2.24) is 4.98 Å². The van der Waals surface area contributed by atoms with Gasteiger partial charge in [0, 0.05) is 29.0 Å². The Morgan fingerprint density at radius 1 is 1.17 bits per heavy atom. The third-order valence-electron chi connectivity index (χ3n) is 4.13. The van der Waals surface area contributed by atoms with Crippen LogP contribution in [0.5, 0.6) is 0 Å². The summed E-state index contributed by atoms with van der Waals surface area (Å²) in [7, 11) is -4.24. The van der Waals surface area contributed by atoms with Gasteiger partial charge in [0.15, 0.2) is 0 Å². The van der Waals surface area contributed by atoms with E-state index in [1.165, 1.54) is 35.6 Å². The van der Waals surface area contributed by atoms with E-state index in [1.807, 2.05) is 0 Å². The summed E-state index contributed by atoms with van der Waals surface area (Å²) in [4.78, 5) is 5.01. The Morgan fingerprint density at radius 3 is 2.52 bits per heavy atom. The first-order valence-electron chi connectivity index (χ1n) is 8.52. The van der Waals surface area contributed by atoms with E-state index >= 15 is 0 Å². The Balaban J connectivity index is 2.10. The summed E-state index contributed by atoms with van der Waals surface area (Å²) in [6, 6.07) is 8.03. The van der Waals surface area contributed by atoms with Crippen molar-refractivity contribution in [2.45, 2.75) is 24.8 Å². The van der Waals surface area contributed by atoms with Gasteiger partial charge in [0.25, 0.3) is 10.0 Å². The number of anilines is 1. The average Bonchev–Trinajstić information content (AvgIpc) is 3.02. The van der Waals surface area contributed by atoms with Crippen molar-refractivity contribution in [1.29, 1.82) is 0 Å². The van der Waals surface area contributed by atoms with Gasteiger partial charge in [0.05, 0.1) is 22.8 Å². The molecule has 3 rings (SSSR count). The predicted octanol–water partition coefficient (Wildman–Crippen LogP) is 4.31. The fraction of sp³-hybridized carbons (Fsp3) is 0.211. The molecule has 29 heavy (non-hydrogen) atoms. The molecule has 1 heterocycles. The van der Waals surface area contributed by atoms with E-state index in [1.54, 1.807) is 6.92 Å². The smallest absolute Gasteiger partial charge is 0.264 e. The zero-order chi connectivity index (χ0) is 21.2. The second kappa shape index (κ2) is 8.74. The maximum atomic E-state index is 14.5. The molecule has 10 heteroatoms. The molecule has 0 bridgehead atoms. The molecule has 0 saturated heterocycles. The molecule has 0 fully saturated rings. The first kappa shape index (κ1) is 21.6. The molecule has 1 aromatic heterocycles. The summed E-state index contributed by atoms with van der Waals surface area (Å²) in [5, 5.41) is 9.89. The molecule has 0 aliphatic rings. The van der Waals surface area contributed by atoms with Crippen LogP contribution in [-0.2, 0) is 23.0 Å². The van der Waals surface area contributed by atoms with Crippen molar-refractivity contribution in [2.24, 2.45) is 0 Å². The summed E-state index contributed by atoms with van der Waals surface area (Å²) in [5.74, 6) is -1.65. The minimum atomic E-state index is -4.24. The van der Waals surface area contributed by atoms with Gasteiger partial charge in [0.2, 0.25) is 0 Å². The van der Waals surface area contributed by atoms with E-state index in [4.69, 9.17) is 16.7 Å². The Kier molecular flexibility index (Phi) is 6.52. The first-order chi connectivity index (χ1) is 13.7. The summed E-state index contributed by atoms with van der Waals surface area (Å²) < 4.78 is 55.6. The third kappa shape index (κ3) is 4.75. The highest BCUT2D eigenvalue weighted by atomic mass is 35.5. The zero-order valence-corrected chi connectivity index (χ0v) is 17.7. The Bertz CT molecular complexity index is 1120. The molecule has 0 aliphatic heterocycles. The Hall–Kier alpha value is -2.07. The first-order valence-corrected chi connectivity index (χ1v) is 11.1. The molecule has 5 nitrogen and oxygen atoms in total. The topological polar surface area (TPSA) is 70.5 Å². The number of hydrogen-bond acceptors (Lipinski definition) is 5. The molecular formula is C19H17ClF2N2O3S2. The highest BCUT2D eigenvalue weighted by Gasteiger charge is 2.29. The van der Waals surface area contributed by atoms with Crippen molar-refractivity contribution in [3.63, 3.8) is 0 Å². The molecule has 2 aromatic carbocycles. The number of halogens is 3. The van der Waals surface area contributed by atoms with Gasteiger partial charge in [-0.2, -0.15) is 0 Å². The monoisotopic (exact) mass is 458 g/mol. The lowest BCUT2D eigenvalue weighted by Gasteiger charge is -2.24. The number of hydrogen-bond donors (Lipinski definition) is 1. The molecule has 0 atom stereocenters. The molecule has 0 unspecified atom stereocenters. The molecule has 0 amide bonds. The Labute approximate surface area is 176 Å². The average molecular weight is 459 g/mol. The van der Waals surface area contributed by atoms with Crippen molar-refractivity contribution in [2.75, 3.05) is 10.9 Å². The van der Waals surface area contributed by atoms with Crippen molar-refractivity contribution in [3.8, 4) is 0 Å². The summed E-state index contributed by atoms with van der Waals surface area (Å²) >= 11 is 7.05. The lowest BCUT2D eigenvalue weighted by Crippen LogP contribution is -2.31. The molecule has 0 saturated carbocycles. The largest absolute Gasteiger partial charge is 0.396 e. The van der Waals surface area contributed by atoms with Crippen LogP contribution >= 0.6 is 22.9 Å². The predicted molar refractivity (Wildman–Crippen MR) is 109 cm³/mol. The quantitative estimate of drug-likeness (QED) is 0.572. The summed E-state index contributed by atoms with van der Waals surface area (Å²) in [6.45, 7) is 1.38. The van der Waals surface area contributed by atoms with Gasteiger partial charge in [0.1, 0.15) is 16.6 Å². The SMILES string of the molecule is Cc1nc(CN(c2cc(F)ccc2F)S(=O)(=O)c2ccc(Cl)cc2)sc1CCO.